The highest BCUT2D eigenvalue weighted by molar-refractivity contribution is 5.58. The average molecular weight is 342 g/mol. The second-order valence-corrected chi connectivity index (χ2v) is 8.57. The van der Waals surface area contributed by atoms with Gasteiger partial charge < -0.3 is 9.88 Å². The first-order valence-electron chi connectivity index (χ1n) is 9.60. The van der Waals surface area contributed by atoms with E-state index in [1.54, 1.807) is 0 Å². The quantitative estimate of drug-likeness (QED) is 0.705. The van der Waals surface area contributed by atoms with E-state index in [1.807, 2.05) is 6.33 Å². The molecule has 0 saturated heterocycles. The summed E-state index contributed by atoms with van der Waals surface area (Å²) in [5, 5.41) is 3.56. The minimum atomic E-state index is 0.139. The Bertz CT molecular complexity index is 647. The van der Waals surface area contributed by atoms with Gasteiger partial charge in [-0.25, -0.2) is 4.98 Å². The van der Waals surface area contributed by atoms with Crippen LogP contribution < -0.4 is 5.32 Å². The van der Waals surface area contributed by atoms with Crippen LogP contribution in [0.2, 0.25) is 0 Å². The Morgan fingerprint density at radius 2 is 1.72 bits per heavy atom. The topological polar surface area (TPSA) is 29.9 Å². The highest BCUT2D eigenvalue weighted by Crippen LogP contribution is 2.29. The van der Waals surface area contributed by atoms with E-state index < -0.39 is 0 Å². The van der Waals surface area contributed by atoms with E-state index in [4.69, 9.17) is 0 Å². The number of nitrogens with one attached hydrogen (secondary N) is 1. The Morgan fingerprint density at radius 3 is 2.24 bits per heavy atom. The lowest BCUT2D eigenvalue weighted by Gasteiger charge is -2.24. The summed E-state index contributed by atoms with van der Waals surface area (Å²) in [5.74, 6) is 1.31. The highest BCUT2D eigenvalue weighted by Gasteiger charge is 2.15. The molecule has 0 spiro atoms. The van der Waals surface area contributed by atoms with Gasteiger partial charge in [-0.05, 0) is 51.5 Å². The van der Waals surface area contributed by atoms with E-state index >= 15 is 0 Å². The normalized spacial score (nSPS) is 14.7. The summed E-state index contributed by atoms with van der Waals surface area (Å²) in [6.45, 7) is 16.6. The molecule has 25 heavy (non-hydrogen) atoms. The molecule has 1 N–H and O–H groups in total. The molecule has 1 aromatic heterocycles. The third-order valence-electron chi connectivity index (χ3n) is 4.92. The lowest BCUT2D eigenvalue weighted by atomic mass is 9.86. The van der Waals surface area contributed by atoms with Crippen molar-refractivity contribution in [2.45, 2.75) is 72.4 Å². The van der Waals surface area contributed by atoms with E-state index in [0.717, 1.165) is 12.2 Å². The maximum atomic E-state index is 4.62. The number of hydrogen-bond donors (Lipinski definition) is 1. The maximum absolute atomic E-state index is 4.62. The minimum Gasteiger partial charge on any atom is -0.333 e. The summed E-state index contributed by atoms with van der Waals surface area (Å²) in [5.41, 5.74) is 3.81. The van der Waals surface area contributed by atoms with Crippen LogP contribution in [0.5, 0.6) is 0 Å². The predicted octanol–water partition coefficient (Wildman–Crippen LogP) is 5.65. The number of rotatable bonds is 7. The Morgan fingerprint density at radius 1 is 1.08 bits per heavy atom. The number of imidazole rings is 1. The van der Waals surface area contributed by atoms with Crippen molar-refractivity contribution in [1.29, 1.82) is 0 Å². The Labute approximate surface area is 153 Å². The van der Waals surface area contributed by atoms with Crippen LogP contribution in [0.15, 0.2) is 36.8 Å². The molecule has 0 bridgehead atoms. The molecule has 1 heterocycles. The van der Waals surface area contributed by atoms with Crippen molar-refractivity contribution in [2.24, 2.45) is 5.92 Å². The lowest BCUT2D eigenvalue weighted by molar-refractivity contribution is 0.379. The second-order valence-electron chi connectivity index (χ2n) is 8.57. The summed E-state index contributed by atoms with van der Waals surface area (Å²) in [4.78, 5) is 4.62. The summed E-state index contributed by atoms with van der Waals surface area (Å²) in [6.07, 6.45) is 5.29. The van der Waals surface area contributed by atoms with E-state index in [0.29, 0.717) is 17.9 Å². The molecule has 2 atom stereocenters. The van der Waals surface area contributed by atoms with E-state index in [2.05, 4.69) is 93.8 Å². The summed E-state index contributed by atoms with van der Waals surface area (Å²) < 4.78 is 2.20. The van der Waals surface area contributed by atoms with Crippen molar-refractivity contribution in [3.05, 3.63) is 42.4 Å². The molecule has 2 aromatic rings. The van der Waals surface area contributed by atoms with Crippen molar-refractivity contribution in [3.8, 4) is 11.3 Å². The Kier molecular flexibility index (Phi) is 6.45. The van der Waals surface area contributed by atoms with Gasteiger partial charge in [0.15, 0.2) is 0 Å². The van der Waals surface area contributed by atoms with Crippen molar-refractivity contribution in [2.75, 3.05) is 6.54 Å². The zero-order chi connectivity index (χ0) is 18.6. The third kappa shape index (κ3) is 5.43. The van der Waals surface area contributed by atoms with Crippen molar-refractivity contribution >= 4 is 0 Å². The van der Waals surface area contributed by atoms with Gasteiger partial charge in [0.25, 0.3) is 0 Å². The van der Waals surface area contributed by atoms with Gasteiger partial charge in [0, 0.05) is 29.9 Å². The van der Waals surface area contributed by atoms with Gasteiger partial charge >= 0.3 is 0 Å². The van der Waals surface area contributed by atoms with Gasteiger partial charge in [0.1, 0.15) is 0 Å². The largest absolute Gasteiger partial charge is 0.333 e. The summed E-state index contributed by atoms with van der Waals surface area (Å²) in [7, 11) is 0. The molecule has 3 nitrogen and oxygen atoms in total. The molecule has 2 rings (SSSR count). The fraction of sp³-hybridized carbons (Fsp3) is 0.591. The standard InChI is InChI=1S/C22H35N3/c1-8-20(16(2)3)18-9-11-19(12-10-18)21-14-25(15-23-21)17(4)13-24-22(5,6)7/h9-12,14-17,20,24H,8,13H2,1-7H3/t17-,20?/m1/s1. The van der Waals surface area contributed by atoms with Gasteiger partial charge in [-0.1, -0.05) is 45.0 Å². The van der Waals surface area contributed by atoms with E-state index in [1.165, 1.54) is 17.5 Å². The molecule has 1 unspecified atom stereocenters. The molecule has 0 fully saturated rings. The first-order valence-corrected chi connectivity index (χ1v) is 9.60. The minimum absolute atomic E-state index is 0.139. The molecule has 138 valence electrons. The average Bonchev–Trinajstić information content (AvgIpc) is 3.03. The van der Waals surface area contributed by atoms with Crippen LogP contribution in [0, 0.1) is 5.92 Å². The molecule has 0 aliphatic rings. The molecule has 0 aliphatic carbocycles. The number of aromatic nitrogens is 2. The van der Waals surface area contributed by atoms with Gasteiger partial charge in [0.2, 0.25) is 0 Å². The van der Waals surface area contributed by atoms with Crippen LogP contribution in [-0.4, -0.2) is 21.6 Å². The predicted molar refractivity (Wildman–Crippen MR) is 108 cm³/mol. The zero-order valence-electron chi connectivity index (χ0n) is 17.0. The van der Waals surface area contributed by atoms with Crippen LogP contribution >= 0.6 is 0 Å². The van der Waals surface area contributed by atoms with Crippen molar-refractivity contribution < 1.29 is 0 Å². The number of hydrogen-bond acceptors (Lipinski definition) is 2. The van der Waals surface area contributed by atoms with E-state index in [9.17, 15) is 0 Å². The van der Waals surface area contributed by atoms with Gasteiger partial charge in [-0.3, -0.25) is 0 Å². The van der Waals surface area contributed by atoms with Crippen LogP contribution in [0.3, 0.4) is 0 Å². The molecular formula is C22H35N3. The van der Waals surface area contributed by atoms with Crippen LogP contribution in [0.4, 0.5) is 0 Å². The van der Waals surface area contributed by atoms with Crippen LogP contribution in [0.1, 0.15) is 72.4 Å². The fourth-order valence-electron chi connectivity index (χ4n) is 3.28. The SMILES string of the molecule is CCC(c1ccc(-c2cn([C@H](C)CNC(C)(C)C)cn2)cc1)C(C)C. The smallest absolute Gasteiger partial charge is 0.0956 e. The molecule has 0 amide bonds. The second kappa shape index (κ2) is 8.18. The Balaban J connectivity index is 2.09. The van der Waals surface area contributed by atoms with Crippen molar-refractivity contribution in [1.82, 2.24) is 14.9 Å². The molecule has 0 saturated carbocycles. The highest BCUT2D eigenvalue weighted by atomic mass is 15.1. The molecule has 3 heteroatoms. The molecular weight excluding hydrogens is 306 g/mol. The van der Waals surface area contributed by atoms with Crippen molar-refractivity contribution in [3.63, 3.8) is 0 Å². The number of nitrogens with zero attached hydrogens (tertiary/aromatic N) is 2. The van der Waals surface area contributed by atoms with Crippen LogP contribution in [-0.2, 0) is 0 Å². The monoisotopic (exact) mass is 341 g/mol. The third-order valence-corrected chi connectivity index (χ3v) is 4.92. The van der Waals surface area contributed by atoms with Gasteiger partial charge in [-0.2, -0.15) is 0 Å². The van der Waals surface area contributed by atoms with Gasteiger partial charge in [0.05, 0.1) is 12.0 Å². The summed E-state index contributed by atoms with van der Waals surface area (Å²) >= 11 is 0. The molecule has 0 aliphatic heterocycles. The van der Waals surface area contributed by atoms with Gasteiger partial charge in [-0.15, -0.1) is 0 Å². The summed E-state index contributed by atoms with van der Waals surface area (Å²) in [6, 6.07) is 9.35. The van der Waals surface area contributed by atoms with Crippen LogP contribution in [0.25, 0.3) is 11.3 Å². The molecule has 1 aromatic carbocycles. The lowest BCUT2D eigenvalue weighted by Crippen LogP contribution is -2.39. The molecule has 0 radical (unpaired) electrons. The van der Waals surface area contributed by atoms with E-state index in [-0.39, 0.29) is 5.54 Å². The number of benzene rings is 1. The zero-order valence-corrected chi connectivity index (χ0v) is 17.0. The first-order chi connectivity index (χ1) is 11.7. The first kappa shape index (κ1) is 19.7. The fourth-order valence-corrected chi connectivity index (χ4v) is 3.28. The maximum Gasteiger partial charge on any atom is 0.0956 e. The Hall–Kier alpha value is -1.61.